The molecule has 2 aliphatic rings. The summed E-state index contributed by atoms with van der Waals surface area (Å²) in [6.07, 6.45) is 5.77. The molecule has 1 aromatic carbocycles. The van der Waals surface area contributed by atoms with E-state index in [0.29, 0.717) is 24.8 Å². The maximum absolute atomic E-state index is 14.7. The van der Waals surface area contributed by atoms with Crippen LogP contribution in [0.3, 0.4) is 0 Å². The van der Waals surface area contributed by atoms with Crippen LogP contribution >= 0.6 is 0 Å². The van der Waals surface area contributed by atoms with Crippen molar-refractivity contribution in [3.63, 3.8) is 0 Å². The lowest BCUT2D eigenvalue weighted by Gasteiger charge is -2.53. The molecule has 0 bridgehead atoms. The largest absolute Gasteiger partial charge is 0.481 e. The number of ether oxygens (including phenoxy) is 1. The number of ketones is 2. The molecule has 0 saturated carbocycles. The van der Waals surface area contributed by atoms with Crippen LogP contribution in [0.4, 0.5) is 0 Å². The normalized spacial score (nSPS) is 25.0. The van der Waals surface area contributed by atoms with Crippen LogP contribution in [-0.2, 0) is 23.9 Å². The molecule has 1 aliphatic carbocycles. The van der Waals surface area contributed by atoms with Crippen LogP contribution < -0.4 is 0 Å². The first-order chi connectivity index (χ1) is 19.2. The van der Waals surface area contributed by atoms with Gasteiger partial charge in [-0.25, -0.2) is 0 Å². The zero-order chi connectivity index (χ0) is 30.7. The number of allylic oxidation sites excluding steroid dienone is 6. The molecule has 6 nitrogen and oxygen atoms in total. The quantitative estimate of drug-likeness (QED) is 0.169. The maximum atomic E-state index is 14.7. The van der Waals surface area contributed by atoms with Gasteiger partial charge in [0.05, 0.1) is 11.8 Å². The van der Waals surface area contributed by atoms with E-state index in [1.165, 1.54) is 0 Å². The molecule has 0 radical (unpaired) electrons. The molecule has 1 fully saturated rings. The Hall–Kier alpha value is -3.28. The fraction of sp³-hybridized carbons (Fsp3) is 0.543. The number of hydrogen-bond acceptors (Lipinski definition) is 5. The summed E-state index contributed by atoms with van der Waals surface area (Å²) >= 11 is 0. The number of carboxylic acids is 1. The number of hydrogen-bond donors (Lipinski definition) is 1. The van der Waals surface area contributed by atoms with E-state index in [2.05, 4.69) is 19.9 Å². The first-order valence-electron chi connectivity index (χ1n) is 14.8. The molecule has 41 heavy (non-hydrogen) atoms. The molecular weight excluding hydrogens is 516 g/mol. The number of carbonyl (C=O) groups excluding carboxylic acids is 3. The van der Waals surface area contributed by atoms with Crippen molar-refractivity contribution in [2.24, 2.45) is 28.6 Å². The molecular formula is C35H46O6. The highest BCUT2D eigenvalue weighted by molar-refractivity contribution is 6.21. The van der Waals surface area contributed by atoms with Crippen molar-refractivity contribution in [3.05, 3.63) is 70.5 Å². The topological polar surface area (TPSA) is 97.7 Å². The van der Waals surface area contributed by atoms with Crippen LogP contribution in [-0.4, -0.2) is 28.6 Å². The summed E-state index contributed by atoms with van der Waals surface area (Å²) in [4.78, 5) is 54.0. The predicted molar refractivity (Wildman–Crippen MR) is 160 cm³/mol. The van der Waals surface area contributed by atoms with Gasteiger partial charge in [-0.2, -0.15) is 0 Å². The van der Waals surface area contributed by atoms with Gasteiger partial charge in [-0.3, -0.25) is 19.2 Å². The zero-order valence-electron chi connectivity index (χ0n) is 25.9. The van der Waals surface area contributed by atoms with Gasteiger partial charge in [0, 0.05) is 11.8 Å². The Labute approximate surface area is 244 Å². The molecule has 1 aliphatic heterocycles. The van der Waals surface area contributed by atoms with Crippen LogP contribution in [0.25, 0.3) is 0 Å². The lowest BCUT2D eigenvalue weighted by atomic mass is 9.51. The van der Waals surface area contributed by atoms with Gasteiger partial charge >= 0.3 is 11.9 Å². The molecule has 1 N–H and O–H groups in total. The maximum Gasteiger partial charge on any atom is 0.329 e. The third-order valence-electron chi connectivity index (χ3n) is 9.14. The number of rotatable bonds is 11. The number of esters is 1. The summed E-state index contributed by atoms with van der Waals surface area (Å²) < 4.78 is 6.19. The predicted octanol–water partition coefficient (Wildman–Crippen LogP) is 7.60. The standard InChI is InChI=1S/C35H46O6/c1-9-23(6)30(38)28-31(39)35(18-17-22(4)5)20-25(16-15-21(2)3)34(7,8)29(32(35)41-33(28)40)26(19-27(36)37)24-13-11-10-12-14-24/h10-15,17,23,25-26,28H,9,16,18-20H2,1-8H3,(H,36,37). The second-order valence-electron chi connectivity index (χ2n) is 12.9. The zero-order valence-corrected chi connectivity index (χ0v) is 25.9. The minimum atomic E-state index is -1.49. The highest BCUT2D eigenvalue weighted by Crippen LogP contribution is 2.61. The van der Waals surface area contributed by atoms with Crippen molar-refractivity contribution in [1.82, 2.24) is 0 Å². The van der Waals surface area contributed by atoms with Gasteiger partial charge in [-0.1, -0.05) is 81.3 Å². The molecule has 222 valence electrons. The van der Waals surface area contributed by atoms with E-state index in [1.54, 1.807) is 6.92 Å². The van der Waals surface area contributed by atoms with Crippen molar-refractivity contribution in [2.75, 3.05) is 0 Å². The van der Waals surface area contributed by atoms with E-state index in [0.717, 1.165) is 16.7 Å². The van der Waals surface area contributed by atoms with E-state index in [9.17, 15) is 24.3 Å². The summed E-state index contributed by atoms with van der Waals surface area (Å²) in [6, 6.07) is 9.37. The van der Waals surface area contributed by atoms with Crippen molar-refractivity contribution < 1.29 is 29.0 Å². The number of Topliss-reactive ketones (excluding diaryl/α,β-unsaturated/α-hetero) is 2. The Bertz CT molecular complexity index is 1270. The Morgan fingerprint density at radius 2 is 1.66 bits per heavy atom. The Balaban J connectivity index is 2.44. The van der Waals surface area contributed by atoms with E-state index < -0.39 is 52.1 Å². The number of carbonyl (C=O) groups is 4. The molecule has 0 spiro atoms. The first kappa shape index (κ1) is 32.2. The first-order valence-corrected chi connectivity index (χ1v) is 14.8. The van der Waals surface area contributed by atoms with Crippen LogP contribution in [0.5, 0.6) is 0 Å². The van der Waals surface area contributed by atoms with Crippen LogP contribution in [0.15, 0.2) is 65.0 Å². The molecule has 0 amide bonds. The van der Waals surface area contributed by atoms with Crippen molar-refractivity contribution in [3.8, 4) is 0 Å². The molecule has 3 rings (SSSR count). The average Bonchev–Trinajstić information content (AvgIpc) is 2.90. The molecule has 1 saturated heterocycles. The fourth-order valence-corrected chi connectivity index (χ4v) is 6.44. The number of carboxylic acid groups (broad SMARTS) is 1. The smallest absolute Gasteiger partial charge is 0.329 e. The molecule has 0 aromatic heterocycles. The lowest BCUT2D eigenvalue weighted by molar-refractivity contribution is -0.167. The third-order valence-corrected chi connectivity index (χ3v) is 9.14. The van der Waals surface area contributed by atoms with Crippen LogP contribution in [0.2, 0.25) is 0 Å². The number of fused-ring (bicyclic) bond motifs is 1. The monoisotopic (exact) mass is 562 g/mol. The summed E-state index contributed by atoms with van der Waals surface area (Å²) in [5.41, 5.74) is 1.74. The summed E-state index contributed by atoms with van der Waals surface area (Å²) in [5.74, 6) is -5.04. The summed E-state index contributed by atoms with van der Waals surface area (Å²) in [6.45, 7) is 15.7. The summed E-state index contributed by atoms with van der Waals surface area (Å²) in [7, 11) is 0. The van der Waals surface area contributed by atoms with Crippen LogP contribution in [0.1, 0.15) is 99.0 Å². The van der Waals surface area contributed by atoms with E-state index >= 15 is 0 Å². The van der Waals surface area contributed by atoms with E-state index in [4.69, 9.17) is 4.74 Å². The van der Waals surface area contributed by atoms with Gasteiger partial charge in [-0.05, 0) is 75.8 Å². The number of aliphatic carboxylic acids is 1. The van der Waals surface area contributed by atoms with Gasteiger partial charge in [-0.15, -0.1) is 0 Å². The van der Waals surface area contributed by atoms with E-state index in [1.807, 2.05) is 71.0 Å². The Morgan fingerprint density at radius 1 is 1.05 bits per heavy atom. The van der Waals surface area contributed by atoms with E-state index in [-0.39, 0.29) is 24.5 Å². The minimum absolute atomic E-state index is 0.0678. The van der Waals surface area contributed by atoms with Crippen molar-refractivity contribution >= 4 is 23.5 Å². The second kappa shape index (κ2) is 12.7. The highest BCUT2D eigenvalue weighted by atomic mass is 16.5. The number of benzene rings is 1. The molecule has 6 heteroatoms. The minimum Gasteiger partial charge on any atom is -0.481 e. The Kier molecular flexibility index (Phi) is 9.99. The van der Waals surface area contributed by atoms with Crippen molar-refractivity contribution in [2.45, 2.75) is 93.4 Å². The van der Waals surface area contributed by atoms with Gasteiger partial charge in [0.15, 0.2) is 17.5 Å². The summed E-state index contributed by atoms with van der Waals surface area (Å²) in [5, 5.41) is 10.1. The van der Waals surface area contributed by atoms with Gasteiger partial charge < -0.3 is 9.84 Å². The molecule has 5 atom stereocenters. The molecule has 5 unspecified atom stereocenters. The van der Waals surface area contributed by atoms with Crippen LogP contribution in [0, 0.1) is 28.6 Å². The van der Waals surface area contributed by atoms with Crippen molar-refractivity contribution in [1.29, 1.82) is 0 Å². The molecule has 1 heterocycles. The van der Waals surface area contributed by atoms with Gasteiger partial charge in [0.2, 0.25) is 0 Å². The Morgan fingerprint density at radius 3 is 2.20 bits per heavy atom. The molecule has 1 aromatic rings. The second-order valence-corrected chi connectivity index (χ2v) is 12.9. The average molecular weight is 563 g/mol. The van der Waals surface area contributed by atoms with Gasteiger partial charge in [0.1, 0.15) is 5.76 Å². The lowest BCUT2D eigenvalue weighted by Crippen LogP contribution is -2.56. The third kappa shape index (κ3) is 6.47. The SMILES string of the molecule is CCC(C)C(=O)C1C(=O)OC2=C(C(CC(=O)O)c3ccccc3)C(C)(C)C(CC=C(C)C)CC2(CC=C(C)C)C1=O. The van der Waals surface area contributed by atoms with Gasteiger partial charge in [0.25, 0.3) is 0 Å². The fourth-order valence-electron chi connectivity index (χ4n) is 6.44. The highest BCUT2D eigenvalue weighted by Gasteiger charge is 2.62.